The third-order valence-electron chi connectivity index (χ3n) is 4.90. The molecule has 18 heteroatoms. The minimum Gasteiger partial charge on any atom is -0.394 e. The summed E-state index contributed by atoms with van der Waals surface area (Å²) >= 11 is 0. The zero-order chi connectivity index (χ0) is 30.4. The first kappa shape index (κ1) is 26.7. The van der Waals surface area contributed by atoms with Gasteiger partial charge in [-0.3, -0.25) is 0 Å². The van der Waals surface area contributed by atoms with E-state index in [1.54, 1.807) is 24.3 Å². The highest BCUT2D eigenvalue weighted by atomic mass is 15.1. The highest BCUT2D eigenvalue weighted by molar-refractivity contribution is 6.09. The average Bonchev–Trinajstić information content (AvgIpc) is 3.74. The molecule has 0 aliphatic heterocycles. The predicted octanol–water partition coefficient (Wildman–Crippen LogP) is 1.43. The van der Waals surface area contributed by atoms with Gasteiger partial charge in [-0.15, -0.1) is 33.1 Å². The largest absolute Gasteiger partial charge is 0.394 e. The standard InChI is InChI=1S/C24N18/c1-31-19(22-37-12(6-27)34-13(7-28)38-22)18-16(10(4-25)20-35-14(8-29)39-23(32-2)41-20)17(18)11(5-26)21-36-15(9-30)40-24(33-3)42-21. The number of rotatable bonds is 3. The number of aromatic nitrogens is 9. The highest BCUT2D eigenvalue weighted by Crippen LogP contribution is 2.55. The van der Waals surface area contributed by atoms with Crippen molar-refractivity contribution in [3.05, 3.63) is 91.7 Å². The van der Waals surface area contributed by atoms with Gasteiger partial charge in [-0.05, 0) is 0 Å². The summed E-state index contributed by atoms with van der Waals surface area (Å²) in [6.45, 7) is 22.2. The van der Waals surface area contributed by atoms with E-state index in [-0.39, 0.29) is 16.7 Å². The summed E-state index contributed by atoms with van der Waals surface area (Å²) in [5.74, 6) is -4.46. The van der Waals surface area contributed by atoms with Gasteiger partial charge in [0, 0.05) is 16.7 Å². The Hall–Kier alpha value is -8.34. The van der Waals surface area contributed by atoms with Gasteiger partial charge in [0.1, 0.15) is 35.4 Å². The quantitative estimate of drug-likeness (QED) is 0.335. The minimum atomic E-state index is -0.528. The van der Waals surface area contributed by atoms with Crippen molar-refractivity contribution in [3.8, 4) is 36.4 Å². The Morgan fingerprint density at radius 1 is 0.476 bits per heavy atom. The maximum absolute atomic E-state index is 10.1. The lowest BCUT2D eigenvalue weighted by Crippen LogP contribution is -2.02. The summed E-state index contributed by atoms with van der Waals surface area (Å²) in [7, 11) is 0. The van der Waals surface area contributed by atoms with Crippen molar-refractivity contribution in [3.63, 3.8) is 0 Å². The molecule has 0 amide bonds. The van der Waals surface area contributed by atoms with Crippen molar-refractivity contribution < 1.29 is 0 Å². The van der Waals surface area contributed by atoms with E-state index in [1.807, 2.05) is 12.1 Å². The molecule has 0 spiro atoms. The zero-order valence-corrected chi connectivity index (χ0v) is 20.0. The molecule has 3 aromatic heterocycles. The molecule has 0 N–H and O–H groups in total. The smallest absolute Gasteiger partial charge is 0.376 e. The monoisotopic (exact) mass is 540 g/mol. The summed E-state index contributed by atoms with van der Waals surface area (Å²) in [6.07, 6.45) is 0. The number of allylic oxidation sites excluding steroid dienone is 5. The first-order chi connectivity index (χ1) is 20.4. The van der Waals surface area contributed by atoms with E-state index in [9.17, 15) is 31.6 Å². The Morgan fingerprint density at radius 2 is 0.857 bits per heavy atom. The normalized spacial score (nSPS) is 13.1. The zero-order valence-electron chi connectivity index (χ0n) is 20.0. The summed E-state index contributed by atoms with van der Waals surface area (Å²) < 4.78 is 0. The first-order valence-electron chi connectivity index (χ1n) is 10.5. The van der Waals surface area contributed by atoms with E-state index in [0.29, 0.717) is 0 Å². The van der Waals surface area contributed by atoms with E-state index < -0.39 is 69.5 Å². The van der Waals surface area contributed by atoms with Crippen LogP contribution >= 0.6 is 0 Å². The molecule has 42 heavy (non-hydrogen) atoms. The molecule has 0 saturated heterocycles. The lowest BCUT2D eigenvalue weighted by molar-refractivity contribution is 0.964. The van der Waals surface area contributed by atoms with Gasteiger partial charge < -0.3 is 9.69 Å². The predicted molar refractivity (Wildman–Crippen MR) is 129 cm³/mol. The third kappa shape index (κ3) is 4.69. The second kappa shape index (κ2) is 11.0. The third-order valence-corrected chi connectivity index (χ3v) is 4.90. The number of hydrogen-bond acceptors (Lipinski definition) is 15. The highest BCUT2D eigenvalue weighted by Gasteiger charge is 2.44. The van der Waals surface area contributed by atoms with Crippen molar-refractivity contribution in [1.82, 2.24) is 44.9 Å². The van der Waals surface area contributed by atoms with Gasteiger partial charge in [0.25, 0.3) is 11.6 Å². The van der Waals surface area contributed by atoms with E-state index >= 15 is 0 Å². The molecule has 3 heterocycles. The summed E-state index contributed by atoms with van der Waals surface area (Å²) in [6, 6.07) is 10.2. The summed E-state index contributed by atoms with van der Waals surface area (Å²) in [5, 5.41) is 57.4. The second-order valence-corrected chi connectivity index (χ2v) is 7.10. The molecule has 0 atom stereocenters. The Labute approximate surface area is 233 Å². The maximum atomic E-state index is 10.1. The van der Waals surface area contributed by atoms with Crippen LogP contribution < -0.4 is 0 Å². The Balaban J connectivity index is 2.21. The summed E-state index contributed by atoms with van der Waals surface area (Å²) in [4.78, 5) is 43.5. The fourth-order valence-electron chi connectivity index (χ4n) is 3.31. The fraction of sp³-hybridized carbons (Fsp3) is 0. The lowest BCUT2D eigenvalue weighted by Gasteiger charge is -1.98. The van der Waals surface area contributed by atoms with Crippen molar-refractivity contribution in [2.45, 2.75) is 0 Å². The van der Waals surface area contributed by atoms with E-state index in [4.69, 9.17) is 19.7 Å². The molecule has 1 aliphatic rings. The SMILES string of the molecule is [C-]#[N+]C(=C1C(=C(C#N)c2nc(C#N)nc([N+]#[C-])n2)C1=C(C#N)c1nc(C#N)nc([N+]#[C-])n1)c1nc(C#N)nc(C#N)n1. The van der Waals surface area contributed by atoms with Gasteiger partial charge in [-0.25, -0.2) is 14.8 Å². The van der Waals surface area contributed by atoms with Crippen LogP contribution in [-0.4, -0.2) is 44.9 Å². The van der Waals surface area contributed by atoms with Crippen molar-refractivity contribution in [2.75, 3.05) is 0 Å². The Bertz CT molecular complexity index is 1880. The van der Waals surface area contributed by atoms with Gasteiger partial charge >= 0.3 is 11.9 Å². The van der Waals surface area contributed by atoms with Gasteiger partial charge in [0.15, 0.2) is 18.0 Å². The van der Waals surface area contributed by atoms with Crippen molar-refractivity contribution in [2.24, 2.45) is 0 Å². The average molecular weight is 540 g/mol. The Kier molecular flexibility index (Phi) is 6.97. The molecule has 1 fully saturated rings. The van der Waals surface area contributed by atoms with Crippen molar-refractivity contribution >= 4 is 28.7 Å². The van der Waals surface area contributed by atoms with Crippen LogP contribution in [0.15, 0.2) is 16.7 Å². The topological polar surface area (TPSA) is 272 Å². The molecular formula is C24N18. The van der Waals surface area contributed by atoms with Crippen LogP contribution in [-0.2, 0) is 0 Å². The molecule has 0 bridgehead atoms. The van der Waals surface area contributed by atoms with Gasteiger partial charge in [-0.1, -0.05) is 0 Å². The van der Waals surface area contributed by atoms with E-state index in [1.165, 1.54) is 0 Å². The molecule has 3 aromatic rings. The van der Waals surface area contributed by atoms with Crippen LogP contribution in [0.4, 0.5) is 11.9 Å². The van der Waals surface area contributed by atoms with E-state index in [2.05, 4.69) is 59.4 Å². The first-order valence-corrected chi connectivity index (χ1v) is 10.5. The van der Waals surface area contributed by atoms with Crippen LogP contribution in [0.5, 0.6) is 0 Å². The van der Waals surface area contributed by atoms with Gasteiger partial charge in [0.2, 0.25) is 29.0 Å². The molecule has 18 nitrogen and oxygen atoms in total. The van der Waals surface area contributed by atoms with Gasteiger partial charge in [0.05, 0.1) is 6.57 Å². The molecule has 0 radical (unpaired) electrons. The molecular weight excluding hydrogens is 540 g/mol. The molecule has 4 rings (SSSR count). The van der Waals surface area contributed by atoms with Crippen LogP contribution in [0.1, 0.15) is 40.8 Å². The molecule has 186 valence electrons. The minimum absolute atomic E-state index is 0.160. The fourth-order valence-corrected chi connectivity index (χ4v) is 3.31. The molecule has 1 aliphatic carbocycles. The molecule has 1 saturated carbocycles. The lowest BCUT2D eigenvalue weighted by atomic mass is 10.2. The number of hydrogen-bond donors (Lipinski definition) is 0. The van der Waals surface area contributed by atoms with Crippen molar-refractivity contribution in [1.29, 1.82) is 31.6 Å². The van der Waals surface area contributed by atoms with Gasteiger partial charge in [-0.2, -0.15) is 46.5 Å². The second-order valence-electron chi connectivity index (χ2n) is 7.10. The maximum Gasteiger partial charge on any atom is 0.376 e. The van der Waals surface area contributed by atoms with Crippen LogP contribution in [0.2, 0.25) is 0 Å². The number of nitriles is 6. The molecule has 0 aromatic carbocycles. The van der Waals surface area contributed by atoms with E-state index in [0.717, 1.165) is 0 Å². The van der Waals surface area contributed by atoms with Crippen LogP contribution in [0.3, 0.4) is 0 Å². The van der Waals surface area contributed by atoms with Crippen LogP contribution in [0, 0.1) is 87.7 Å². The Morgan fingerprint density at radius 3 is 1.19 bits per heavy atom. The summed E-state index contributed by atoms with van der Waals surface area (Å²) in [5.41, 5.74) is -1.78. The van der Waals surface area contributed by atoms with Crippen LogP contribution in [0.25, 0.3) is 31.4 Å². The molecule has 0 unspecified atom stereocenters. The number of nitrogens with zero attached hydrogens (tertiary/aromatic N) is 18.